The highest BCUT2D eigenvalue weighted by Gasteiger charge is 2.36. The second-order valence-corrected chi connectivity index (χ2v) is 7.44. The molecule has 2 aromatic rings. The smallest absolute Gasteiger partial charge is 0.161 e. The van der Waals surface area contributed by atoms with Gasteiger partial charge in [-0.2, -0.15) is 0 Å². The van der Waals surface area contributed by atoms with Gasteiger partial charge in [0.15, 0.2) is 11.5 Å². The lowest BCUT2D eigenvalue weighted by molar-refractivity contribution is 0.349. The maximum absolute atomic E-state index is 5.53. The van der Waals surface area contributed by atoms with Crippen LogP contribution in [-0.4, -0.2) is 20.3 Å². The minimum atomic E-state index is 0.450. The molecule has 0 saturated carbocycles. The predicted octanol–water partition coefficient (Wildman–Crippen LogP) is 3.62. The van der Waals surface area contributed by atoms with Crippen molar-refractivity contribution in [3.63, 3.8) is 0 Å². The normalized spacial score (nSPS) is 22.5. The van der Waals surface area contributed by atoms with E-state index < -0.39 is 0 Å². The van der Waals surface area contributed by atoms with Gasteiger partial charge in [0.1, 0.15) is 0 Å². The zero-order chi connectivity index (χ0) is 15.3. The third kappa shape index (κ3) is 2.05. The number of rotatable bonds is 2. The number of fused-ring (bicyclic) bond motifs is 5. The quantitative estimate of drug-likeness (QED) is 0.918. The molecule has 1 aromatic heterocycles. The first-order valence-corrected chi connectivity index (χ1v) is 8.60. The highest BCUT2D eigenvalue weighted by molar-refractivity contribution is 7.12. The zero-order valence-corrected chi connectivity index (χ0v) is 14.0. The summed E-state index contributed by atoms with van der Waals surface area (Å²) in [5.41, 5.74) is 4.27. The molecule has 0 amide bonds. The first kappa shape index (κ1) is 14.1. The van der Waals surface area contributed by atoms with Crippen molar-refractivity contribution in [1.29, 1.82) is 0 Å². The number of aryl methyl sites for hydroxylation is 2. The summed E-state index contributed by atoms with van der Waals surface area (Å²) >= 11 is 1.95. The Morgan fingerprint density at radius 1 is 1.09 bits per heavy atom. The van der Waals surface area contributed by atoms with Gasteiger partial charge in [0.05, 0.1) is 14.2 Å². The van der Waals surface area contributed by atoms with Crippen LogP contribution in [0.25, 0.3) is 0 Å². The van der Waals surface area contributed by atoms with Crippen LogP contribution >= 0.6 is 11.3 Å². The fraction of sp³-hybridized carbons (Fsp3) is 0.444. The molecule has 2 aliphatic rings. The fourth-order valence-corrected chi connectivity index (χ4v) is 5.14. The Kier molecular flexibility index (Phi) is 3.39. The van der Waals surface area contributed by atoms with Crippen LogP contribution in [0, 0.1) is 6.92 Å². The SMILES string of the molecule is COc1cc2c(cc1OC)C1c3sc(C)cc3CNC1CC2. The molecular weight excluding hydrogens is 294 g/mol. The first-order valence-electron chi connectivity index (χ1n) is 7.78. The maximum atomic E-state index is 5.53. The predicted molar refractivity (Wildman–Crippen MR) is 89.4 cm³/mol. The van der Waals surface area contributed by atoms with Gasteiger partial charge in [-0.05, 0) is 54.7 Å². The molecule has 0 fully saturated rings. The Balaban J connectivity index is 1.88. The van der Waals surface area contributed by atoms with E-state index in [1.54, 1.807) is 14.2 Å². The Bertz CT molecular complexity index is 722. The maximum Gasteiger partial charge on any atom is 0.161 e. The van der Waals surface area contributed by atoms with Crippen molar-refractivity contribution in [2.24, 2.45) is 0 Å². The van der Waals surface area contributed by atoms with Gasteiger partial charge < -0.3 is 14.8 Å². The summed E-state index contributed by atoms with van der Waals surface area (Å²) in [5.74, 6) is 2.12. The van der Waals surface area contributed by atoms with Crippen molar-refractivity contribution in [2.45, 2.75) is 38.3 Å². The molecule has 2 unspecified atom stereocenters. The second-order valence-electron chi connectivity index (χ2n) is 6.16. The second kappa shape index (κ2) is 5.28. The molecule has 116 valence electrons. The van der Waals surface area contributed by atoms with E-state index in [9.17, 15) is 0 Å². The van der Waals surface area contributed by atoms with Gasteiger partial charge in [0.25, 0.3) is 0 Å². The van der Waals surface area contributed by atoms with Gasteiger partial charge in [-0.25, -0.2) is 0 Å². The van der Waals surface area contributed by atoms with Gasteiger partial charge in [-0.3, -0.25) is 0 Å². The molecule has 4 heteroatoms. The van der Waals surface area contributed by atoms with Crippen LogP contribution in [0.5, 0.6) is 11.5 Å². The summed E-state index contributed by atoms with van der Waals surface area (Å²) in [6, 6.07) is 7.23. The highest BCUT2D eigenvalue weighted by Crippen LogP contribution is 2.46. The molecule has 1 aliphatic heterocycles. The number of hydrogen-bond acceptors (Lipinski definition) is 4. The van der Waals surface area contributed by atoms with E-state index in [1.165, 1.54) is 32.9 Å². The van der Waals surface area contributed by atoms with Crippen LogP contribution in [0.15, 0.2) is 18.2 Å². The van der Waals surface area contributed by atoms with E-state index in [0.29, 0.717) is 12.0 Å². The molecule has 1 aromatic carbocycles. The van der Waals surface area contributed by atoms with E-state index >= 15 is 0 Å². The summed E-state index contributed by atoms with van der Waals surface area (Å²) in [5, 5.41) is 3.73. The molecule has 1 aliphatic carbocycles. The lowest BCUT2D eigenvalue weighted by Gasteiger charge is -2.38. The van der Waals surface area contributed by atoms with Gasteiger partial charge in [-0.1, -0.05) is 0 Å². The van der Waals surface area contributed by atoms with Crippen LogP contribution in [-0.2, 0) is 13.0 Å². The molecule has 22 heavy (non-hydrogen) atoms. The Hall–Kier alpha value is -1.52. The van der Waals surface area contributed by atoms with Gasteiger partial charge in [0.2, 0.25) is 0 Å². The summed E-state index contributed by atoms with van der Waals surface area (Å²) in [7, 11) is 3.42. The van der Waals surface area contributed by atoms with E-state index in [0.717, 1.165) is 24.5 Å². The highest BCUT2D eigenvalue weighted by atomic mass is 32.1. The van der Waals surface area contributed by atoms with Crippen LogP contribution in [0.1, 0.15) is 38.8 Å². The van der Waals surface area contributed by atoms with Crippen LogP contribution in [0.2, 0.25) is 0 Å². The molecular formula is C18H21NO2S. The number of methoxy groups -OCH3 is 2. The molecule has 0 radical (unpaired) electrons. The lowest BCUT2D eigenvalue weighted by Crippen LogP contribution is -2.41. The van der Waals surface area contributed by atoms with Crippen molar-refractivity contribution < 1.29 is 9.47 Å². The standard InChI is InChI=1S/C18H21NO2S/c1-10-6-12-9-19-14-5-4-11-7-15(20-2)16(21-3)8-13(11)17(14)18(12)22-10/h6-8,14,17,19H,4-5,9H2,1-3H3. The van der Waals surface area contributed by atoms with Crippen LogP contribution in [0.3, 0.4) is 0 Å². The number of hydrogen-bond donors (Lipinski definition) is 1. The summed E-state index contributed by atoms with van der Waals surface area (Å²) in [6.45, 7) is 3.21. The Morgan fingerprint density at radius 2 is 1.86 bits per heavy atom. The van der Waals surface area contributed by atoms with Crippen molar-refractivity contribution in [3.8, 4) is 11.5 Å². The molecule has 3 nitrogen and oxygen atoms in total. The Labute approximate surface area is 135 Å². The van der Waals surface area contributed by atoms with E-state index in [-0.39, 0.29) is 0 Å². The lowest BCUT2D eigenvalue weighted by atomic mass is 9.75. The van der Waals surface area contributed by atoms with Gasteiger partial charge in [0, 0.05) is 28.3 Å². The fourth-order valence-electron chi connectivity index (χ4n) is 3.91. The topological polar surface area (TPSA) is 30.5 Å². The van der Waals surface area contributed by atoms with Gasteiger partial charge >= 0.3 is 0 Å². The summed E-state index contributed by atoms with van der Waals surface area (Å²) in [4.78, 5) is 2.94. The number of ether oxygens (including phenoxy) is 2. The minimum absolute atomic E-state index is 0.450. The van der Waals surface area contributed by atoms with Crippen LogP contribution < -0.4 is 14.8 Å². The summed E-state index contributed by atoms with van der Waals surface area (Å²) < 4.78 is 11.0. The zero-order valence-electron chi connectivity index (χ0n) is 13.2. The largest absolute Gasteiger partial charge is 0.493 e. The molecule has 0 bridgehead atoms. The van der Waals surface area contributed by atoms with Gasteiger partial charge in [-0.15, -0.1) is 11.3 Å². The van der Waals surface area contributed by atoms with E-state index in [1.807, 2.05) is 11.3 Å². The third-order valence-electron chi connectivity index (χ3n) is 4.91. The van der Waals surface area contributed by atoms with Crippen molar-refractivity contribution in [1.82, 2.24) is 5.32 Å². The molecule has 1 N–H and O–H groups in total. The number of nitrogens with one attached hydrogen (secondary N) is 1. The Morgan fingerprint density at radius 3 is 2.64 bits per heavy atom. The van der Waals surface area contributed by atoms with Crippen molar-refractivity contribution in [3.05, 3.63) is 44.6 Å². The average Bonchev–Trinajstić information content (AvgIpc) is 2.93. The van der Waals surface area contributed by atoms with E-state index in [4.69, 9.17) is 9.47 Å². The summed E-state index contributed by atoms with van der Waals surface area (Å²) in [6.07, 6.45) is 2.28. The first-order chi connectivity index (χ1) is 10.7. The number of benzene rings is 1. The van der Waals surface area contributed by atoms with E-state index in [2.05, 4.69) is 30.4 Å². The molecule has 2 atom stereocenters. The van der Waals surface area contributed by atoms with Crippen LogP contribution in [0.4, 0.5) is 0 Å². The molecule has 0 saturated heterocycles. The number of thiophene rings is 1. The minimum Gasteiger partial charge on any atom is -0.493 e. The average molecular weight is 315 g/mol. The monoisotopic (exact) mass is 315 g/mol. The molecule has 2 heterocycles. The third-order valence-corrected chi connectivity index (χ3v) is 6.09. The molecule has 0 spiro atoms. The van der Waals surface area contributed by atoms with Crippen molar-refractivity contribution >= 4 is 11.3 Å². The van der Waals surface area contributed by atoms with Crippen molar-refractivity contribution in [2.75, 3.05) is 14.2 Å². The molecule has 4 rings (SSSR count).